The molecule has 0 N–H and O–H groups in total. The van der Waals surface area contributed by atoms with Crippen LogP contribution in [0, 0.1) is 0 Å². The Morgan fingerprint density at radius 2 is 1.69 bits per heavy atom. The van der Waals surface area contributed by atoms with Gasteiger partial charge in [-0.25, -0.2) is 14.8 Å². The number of methoxy groups -OCH3 is 1. The van der Waals surface area contributed by atoms with Crippen LogP contribution in [0.15, 0.2) is 106 Å². The number of aliphatic imine (C=N–C) groups is 1. The number of ether oxygens (including phenoxy) is 2. The smallest absolute Gasteiger partial charge is 0.363 e. The van der Waals surface area contributed by atoms with Crippen molar-refractivity contribution in [3.63, 3.8) is 0 Å². The van der Waals surface area contributed by atoms with Gasteiger partial charge in [0.05, 0.1) is 12.6 Å². The van der Waals surface area contributed by atoms with E-state index in [1.54, 1.807) is 13.2 Å². The summed E-state index contributed by atoms with van der Waals surface area (Å²) < 4.78 is 10.8. The summed E-state index contributed by atoms with van der Waals surface area (Å²) in [7, 11) is 1.63. The van der Waals surface area contributed by atoms with Crippen molar-refractivity contribution in [1.29, 1.82) is 0 Å². The first-order valence-corrected chi connectivity index (χ1v) is 10.8. The molecule has 0 bridgehead atoms. The highest BCUT2D eigenvalue weighted by Crippen LogP contribution is 2.34. The summed E-state index contributed by atoms with van der Waals surface area (Å²) in [5.41, 5.74) is 2.61. The molecule has 0 radical (unpaired) electrons. The van der Waals surface area contributed by atoms with Crippen molar-refractivity contribution in [2.24, 2.45) is 4.99 Å². The van der Waals surface area contributed by atoms with Crippen molar-refractivity contribution in [3.05, 3.63) is 102 Å². The van der Waals surface area contributed by atoms with Gasteiger partial charge < -0.3 is 9.47 Å². The highest BCUT2D eigenvalue weighted by molar-refractivity contribution is 7.99. The quantitative estimate of drug-likeness (QED) is 0.294. The average Bonchev–Trinajstić information content (AvgIpc) is 3.20. The zero-order chi connectivity index (χ0) is 21.9. The van der Waals surface area contributed by atoms with E-state index in [0.717, 1.165) is 37.7 Å². The Kier molecular flexibility index (Phi) is 5.44. The summed E-state index contributed by atoms with van der Waals surface area (Å²) in [5.74, 6) is 0.565. The van der Waals surface area contributed by atoms with E-state index in [-0.39, 0.29) is 5.70 Å². The second-order valence-corrected chi connectivity index (χ2v) is 8.12. The van der Waals surface area contributed by atoms with Crippen LogP contribution in [-0.2, 0) is 9.53 Å². The van der Waals surface area contributed by atoms with E-state index in [0.29, 0.717) is 5.90 Å². The number of pyridine rings is 1. The van der Waals surface area contributed by atoms with E-state index in [2.05, 4.69) is 4.99 Å². The van der Waals surface area contributed by atoms with Crippen molar-refractivity contribution in [3.8, 4) is 5.75 Å². The second-order valence-electron chi connectivity index (χ2n) is 7.06. The largest absolute Gasteiger partial charge is 0.497 e. The van der Waals surface area contributed by atoms with Crippen molar-refractivity contribution in [1.82, 2.24) is 4.98 Å². The lowest BCUT2D eigenvalue weighted by Crippen LogP contribution is -2.05. The fraction of sp³-hybridized carbons (Fsp3) is 0.0385. The summed E-state index contributed by atoms with van der Waals surface area (Å²) >= 11 is 1.53. The van der Waals surface area contributed by atoms with Crippen LogP contribution >= 0.6 is 11.8 Å². The Labute approximate surface area is 189 Å². The number of fused-ring (bicyclic) bond motifs is 1. The van der Waals surface area contributed by atoms with Gasteiger partial charge in [-0.1, -0.05) is 48.2 Å². The second kappa shape index (κ2) is 8.69. The molecule has 5 rings (SSSR count). The number of rotatable bonds is 5. The molecule has 0 fully saturated rings. The van der Waals surface area contributed by atoms with Gasteiger partial charge in [-0.2, -0.15) is 0 Å². The fourth-order valence-corrected chi connectivity index (χ4v) is 4.21. The molecular weight excluding hydrogens is 420 g/mol. The standard InChI is InChI=1S/C26H18N2O3S/c1-30-20-13-12-18-14-19(25(28-22(18)16-20)32-21-10-6-3-7-11-21)15-23-26(29)31-24(27-23)17-8-4-2-5-9-17/h2-16H,1H3/b23-15+. The predicted molar refractivity (Wildman–Crippen MR) is 126 cm³/mol. The Morgan fingerprint density at radius 1 is 0.938 bits per heavy atom. The van der Waals surface area contributed by atoms with Crippen LogP contribution in [0.4, 0.5) is 0 Å². The van der Waals surface area contributed by atoms with Gasteiger partial charge in [0.2, 0.25) is 5.90 Å². The number of carbonyl (C=O) groups excluding carboxylic acids is 1. The van der Waals surface area contributed by atoms with E-state index < -0.39 is 5.97 Å². The number of hydrogen-bond acceptors (Lipinski definition) is 6. The molecule has 1 aliphatic rings. The van der Waals surface area contributed by atoms with Gasteiger partial charge >= 0.3 is 5.97 Å². The van der Waals surface area contributed by atoms with Crippen molar-refractivity contribution in [2.75, 3.05) is 7.11 Å². The average molecular weight is 439 g/mol. The van der Waals surface area contributed by atoms with Crippen LogP contribution in [0.3, 0.4) is 0 Å². The normalized spacial score (nSPS) is 14.5. The maximum absolute atomic E-state index is 12.5. The van der Waals surface area contributed by atoms with Gasteiger partial charge in [0.25, 0.3) is 0 Å². The molecule has 2 heterocycles. The molecule has 4 aromatic rings. The zero-order valence-corrected chi connectivity index (χ0v) is 18.0. The van der Waals surface area contributed by atoms with Gasteiger partial charge in [-0.15, -0.1) is 0 Å². The van der Waals surface area contributed by atoms with E-state index in [1.807, 2.05) is 84.9 Å². The summed E-state index contributed by atoms with van der Waals surface area (Å²) in [5, 5.41) is 1.70. The highest BCUT2D eigenvalue weighted by atomic mass is 32.2. The summed E-state index contributed by atoms with van der Waals surface area (Å²) in [6, 6.07) is 27.1. The highest BCUT2D eigenvalue weighted by Gasteiger charge is 2.24. The van der Waals surface area contributed by atoms with Gasteiger partial charge in [-0.3, -0.25) is 0 Å². The molecule has 5 nitrogen and oxygen atoms in total. The molecule has 0 saturated heterocycles. The first kappa shape index (κ1) is 20.0. The molecule has 0 unspecified atom stereocenters. The number of carbonyl (C=O) groups is 1. The first-order chi connectivity index (χ1) is 15.7. The summed E-state index contributed by atoms with van der Waals surface area (Å²) in [6.45, 7) is 0. The molecule has 0 amide bonds. The van der Waals surface area contributed by atoms with E-state index in [4.69, 9.17) is 14.5 Å². The van der Waals surface area contributed by atoms with Crippen LogP contribution in [0.1, 0.15) is 11.1 Å². The number of nitrogens with zero attached hydrogens (tertiary/aromatic N) is 2. The molecule has 3 aromatic carbocycles. The van der Waals surface area contributed by atoms with E-state index in [1.165, 1.54) is 11.8 Å². The van der Waals surface area contributed by atoms with Crippen LogP contribution in [0.25, 0.3) is 17.0 Å². The molecular formula is C26H18N2O3S. The van der Waals surface area contributed by atoms with E-state index >= 15 is 0 Å². The first-order valence-electron chi connectivity index (χ1n) is 9.99. The van der Waals surface area contributed by atoms with Crippen molar-refractivity contribution >= 4 is 40.6 Å². The fourth-order valence-electron chi connectivity index (χ4n) is 3.32. The minimum absolute atomic E-state index is 0.244. The van der Waals surface area contributed by atoms with Gasteiger partial charge in [0.1, 0.15) is 10.8 Å². The molecule has 156 valence electrons. The van der Waals surface area contributed by atoms with Crippen LogP contribution < -0.4 is 4.74 Å². The zero-order valence-electron chi connectivity index (χ0n) is 17.2. The predicted octanol–water partition coefficient (Wildman–Crippen LogP) is 5.74. The minimum Gasteiger partial charge on any atom is -0.497 e. The number of cyclic esters (lactones) is 1. The third-order valence-electron chi connectivity index (χ3n) is 4.91. The van der Waals surface area contributed by atoms with Crippen LogP contribution in [-0.4, -0.2) is 24.0 Å². The lowest BCUT2D eigenvalue weighted by molar-refractivity contribution is -0.129. The lowest BCUT2D eigenvalue weighted by Gasteiger charge is -2.09. The maximum Gasteiger partial charge on any atom is 0.363 e. The van der Waals surface area contributed by atoms with Gasteiger partial charge in [0, 0.05) is 27.5 Å². The van der Waals surface area contributed by atoms with Gasteiger partial charge in [-0.05, 0) is 48.5 Å². The molecule has 6 heteroatoms. The number of hydrogen-bond donors (Lipinski definition) is 0. The van der Waals surface area contributed by atoms with E-state index in [9.17, 15) is 4.79 Å². The Morgan fingerprint density at radius 3 is 2.44 bits per heavy atom. The molecule has 1 aromatic heterocycles. The summed E-state index contributed by atoms with van der Waals surface area (Å²) in [4.78, 5) is 22.9. The SMILES string of the molecule is COc1ccc2cc(/C=C3/N=C(c4ccccc4)OC3=O)c(Sc3ccccc3)nc2c1. The third kappa shape index (κ3) is 4.13. The third-order valence-corrected chi connectivity index (χ3v) is 5.94. The molecule has 1 aliphatic heterocycles. The van der Waals surface area contributed by atoms with Gasteiger partial charge in [0.15, 0.2) is 5.70 Å². The Bertz CT molecular complexity index is 1370. The minimum atomic E-state index is -0.477. The number of aromatic nitrogens is 1. The van der Waals surface area contributed by atoms with Crippen LogP contribution in [0.2, 0.25) is 0 Å². The number of esters is 1. The van der Waals surface area contributed by atoms with Crippen LogP contribution in [0.5, 0.6) is 5.75 Å². The molecule has 0 saturated carbocycles. The molecule has 0 aliphatic carbocycles. The Balaban J connectivity index is 1.61. The van der Waals surface area contributed by atoms with Crippen molar-refractivity contribution in [2.45, 2.75) is 9.92 Å². The molecule has 0 atom stereocenters. The lowest BCUT2D eigenvalue weighted by atomic mass is 10.1. The molecule has 32 heavy (non-hydrogen) atoms. The Hall–Kier alpha value is -3.90. The maximum atomic E-state index is 12.5. The number of benzene rings is 3. The van der Waals surface area contributed by atoms with Crippen molar-refractivity contribution < 1.29 is 14.3 Å². The topological polar surface area (TPSA) is 60.8 Å². The monoisotopic (exact) mass is 438 g/mol. The molecule has 0 spiro atoms. The summed E-state index contributed by atoms with van der Waals surface area (Å²) in [6.07, 6.45) is 1.74.